The number of furan rings is 1. The SMILES string of the molecule is C1=CC(N(c2ccccc2)c2ccc(N(c3ccccc3)c3ccc4oc5ccccc5c4c3)cc2)Cc2c1n(-c1ccccc1)c1ccccc21. The first-order valence-corrected chi connectivity index (χ1v) is 17.9. The van der Waals surface area contributed by atoms with E-state index in [1.165, 1.54) is 27.8 Å². The van der Waals surface area contributed by atoms with E-state index in [0.717, 1.165) is 56.8 Å². The lowest BCUT2D eigenvalue weighted by atomic mass is 9.95. The molecule has 0 N–H and O–H groups in total. The Morgan fingerprint density at radius 2 is 1.04 bits per heavy atom. The molecule has 1 aliphatic rings. The van der Waals surface area contributed by atoms with Gasteiger partial charge in [-0.05, 0) is 109 Å². The Hall–Kier alpha value is -6.78. The maximum atomic E-state index is 6.18. The van der Waals surface area contributed by atoms with Gasteiger partial charge in [-0.1, -0.05) is 97.1 Å². The normalized spacial score (nSPS) is 13.8. The predicted molar refractivity (Wildman–Crippen MR) is 217 cm³/mol. The average molecular weight is 670 g/mol. The summed E-state index contributed by atoms with van der Waals surface area (Å²) < 4.78 is 8.58. The van der Waals surface area contributed by atoms with Crippen LogP contribution >= 0.6 is 0 Å². The van der Waals surface area contributed by atoms with Crippen molar-refractivity contribution in [2.24, 2.45) is 0 Å². The Bertz CT molecular complexity index is 2710. The molecule has 0 radical (unpaired) electrons. The van der Waals surface area contributed by atoms with Crippen molar-refractivity contribution in [1.82, 2.24) is 4.57 Å². The summed E-state index contributed by atoms with van der Waals surface area (Å²) in [6.45, 7) is 0. The van der Waals surface area contributed by atoms with Crippen LogP contribution in [0, 0.1) is 0 Å². The monoisotopic (exact) mass is 669 g/mol. The van der Waals surface area contributed by atoms with Crippen LogP contribution in [-0.4, -0.2) is 10.6 Å². The summed E-state index contributed by atoms with van der Waals surface area (Å²) in [5.74, 6) is 0. The molecular formula is C48H35N3O. The van der Waals surface area contributed by atoms with Crippen LogP contribution < -0.4 is 9.80 Å². The number of hydrogen-bond donors (Lipinski definition) is 0. The number of para-hydroxylation sites is 5. The van der Waals surface area contributed by atoms with E-state index in [4.69, 9.17) is 4.42 Å². The molecule has 4 nitrogen and oxygen atoms in total. The molecule has 0 bridgehead atoms. The highest BCUT2D eigenvalue weighted by atomic mass is 16.3. The standard InChI is InChI=1S/C48H35N3O/c1-4-14-34(15-5-1)49(39-28-30-46-43(32-39)41-20-10-12-22-45(41)51(46)36-18-8-3-9-19-36)37-24-26-38(27-25-37)50(35-16-6-2-7-17-35)40-29-31-48-44(33-40)42-21-11-13-23-47(42)52-48/h1-31,33,39H,32H2. The first-order valence-electron chi connectivity index (χ1n) is 17.9. The van der Waals surface area contributed by atoms with Crippen molar-refractivity contribution in [2.45, 2.75) is 12.5 Å². The first-order chi connectivity index (χ1) is 25.8. The van der Waals surface area contributed by atoms with Gasteiger partial charge in [-0.2, -0.15) is 0 Å². The van der Waals surface area contributed by atoms with Crippen LogP contribution in [0.3, 0.4) is 0 Å². The largest absolute Gasteiger partial charge is 0.456 e. The van der Waals surface area contributed by atoms with Crippen LogP contribution in [0.1, 0.15) is 11.3 Å². The van der Waals surface area contributed by atoms with Crippen LogP contribution in [0.25, 0.3) is 44.6 Å². The molecule has 1 unspecified atom stereocenters. The van der Waals surface area contributed by atoms with Crippen molar-refractivity contribution in [1.29, 1.82) is 0 Å². The zero-order chi connectivity index (χ0) is 34.4. The maximum Gasteiger partial charge on any atom is 0.135 e. The summed E-state index contributed by atoms with van der Waals surface area (Å²) >= 11 is 0. The van der Waals surface area contributed by atoms with Gasteiger partial charge >= 0.3 is 0 Å². The van der Waals surface area contributed by atoms with Crippen LogP contribution in [0.4, 0.5) is 28.4 Å². The number of benzene rings is 7. The lowest BCUT2D eigenvalue weighted by Gasteiger charge is -2.34. The number of aromatic nitrogens is 1. The molecule has 2 heterocycles. The van der Waals surface area contributed by atoms with Gasteiger partial charge in [0.1, 0.15) is 11.2 Å². The van der Waals surface area contributed by atoms with E-state index in [-0.39, 0.29) is 6.04 Å². The Morgan fingerprint density at radius 1 is 0.481 bits per heavy atom. The fourth-order valence-electron chi connectivity index (χ4n) is 7.99. The molecule has 0 aliphatic heterocycles. The third-order valence-corrected chi connectivity index (χ3v) is 10.3. The lowest BCUT2D eigenvalue weighted by Crippen LogP contribution is -2.33. The fraction of sp³-hybridized carbons (Fsp3) is 0.0417. The molecule has 1 atom stereocenters. The lowest BCUT2D eigenvalue weighted by molar-refractivity contribution is 0.669. The topological polar surface area (TPSA) is 24.6 Å². The van der Waals surface area contributed by atoms with Gasteiger partial charge in [-0.15, -0.1) is 0 Å². The second kappa shape index (κ2) is 12.5. The van der Waals surface area contributed by atoms with Crippen LogP contribution in [0.15, 0.2) is 192 Å². The molecule has 2 aromatic heterocycles. The number of hydrogen-bond acceptors (Lipinski definition) is 3. The maximum absolute atomic E-state index is 6.18. The molecule has 0 spiro atoms. The molecule has 7 aromatic carbocycles. The van der Waals surface area contributed by atoms with Gasteiger partial charge < -0.3 is 18.8 Å². The molecule has 9 aromatic rings. The van der Waals surface area contributed by atoms with E-state index in [1.807, 2.05) is 12.1 Å². The van der Waals surface area contributed by atoms with Crippen molar-refractivity contribution < 1.29 is 4.42 Å². The summed E-state index contributed by atoms with van der Waals surface area (Å²) in [5.41, 5.74) is 12.4. The molecule has 0 saturated heterocycles. The van der Waals surface area contributed by atoms with E-state index in [2.05, 4.69) is 196 Å². The smallest absolute Gasteiger partial charge is 0.135 e. The molecular weight excluding hydrogens is 635 g/mol. The van der Waals surface area contributed by atoms with Crippen LogP contribution in [0.5, 0.6) is 0 Å². The Kier molecular flexibility index (Phi) is 7.24. The molecule has 52 heavy (non-hydrogen) atoms. The molecule has 4 heteroatoms. The van der Waals surface area contributed by atoms with E-state index in [1.54, 1.807) is 0 Å². The van der Waals surface area contributed by atoms with Gasteiger partial charge in [0, 0.05) is 56.0 Å². The van der Waals surface area contributed by atoms with Crippen molar-refractivity contribution in [2.75, 3.05) is 9.80 Å². The number of fused-ring (bicyclic) bond motifs is 6. The van der Waals surface area contributed by atoms with Crippen LogP contribution in [0.2, 0.25) is 0 Å². The van der Waals surface area contributed by atoms with Gasteiger partial charge in [0.15, 0.2) is 0 Å². The Labute approximate surface area is 302 Å². The second-order valence-electron chi connectivity index (χ2n) is 13.4. The molecule has 0 saturated carbocycles. The van der Waals surface area contributed by atoms with E-state index < -0.39 is 0 Å². The zero-order valence-corrected chi connectivity index (χ0v) is 28.5. The summed E-state index contributed by atoms with van der Waals surface area (Å²) in [4.78, 5) is 4.80. The molecule has 248 valence electrons. The van der Waals surface area contributed by atoms with E-state index in [0.29, 0.717) is 0 Å². The summed E-state index contributed by atoms with van der Waals surface area (Å²) in [7, 11) is 0. The number of rotatable bonds is 7. The molecule has 0 amide bonds. The van der Waals surface area contributed by atoms with Crippen molar-refractivity contribution in [3.8, 4) is 5.69 Å². The van der Waals surface area contributed by atoms with E-state index in [9.17, 15) is 0 Å². The third kappa shape index (κ3) is 5.07. The highest BCUT2D eigenvalue weighted by Gasteiger charge is 2.27. The number of anilines is 5. The van der Waals surface area contributed by atoms with Crippen LogP contribution in [-0.2, 0) is 6.42 Å². The summed E-state index contributed by atoms with van der Waals surface area (Å²) in [6, 6.07) is 64.7. The van der Waals surface area contributed by atoms with Gasteiger partial charge in [-0.3, -0.25) is 0 Å². The minimum absolute atomic E-state index is 0.123. The van der Waals surface area contributed by atoms with Gasteiger partial charge in [-0.25, -0.2) is 0 Å². The highest BCUT2D eigenvalue weighted by molar-refractivity contribution is 6.06. The van der Waals surface area contributed by atoms with Crippen molar-refractivity contribution in [3.63, 3.8) is 0 Å². The van der Waals surface area contributed by atoms with Crippen molar-refractivity contribution in [3.05, 3.63) is 199 Å². The second-order valence-corrected chi connectivity index (χ2v) is 13.4. The average Bonchev–Trinajstić information content (AvgIpc) is 3.75. The molecule has 0 fully saturated rings. The van der Waals surface area contributed by atoms with Gasteiger partial charge in [0.25, 0.3) is 0 Å². The van der Waals surface area contributed by atoms with E-state index >= 15 is 0 Å². The fourth-order valence-corrected chi connectivity index (χ4v) is 7.99. The molecule has 1 aliphatic carbocycles. The Balaban J connectivity index is 1.06. The zero-order valence-electron chi connectivity index (χ0n) is 28.5. The predicted octanol–water partition coefficient (Wildman–Crippen LogP) is 12.8. The number of nitrogens with zero attached hydrogens (tertiary/aromatic N) is 3. The first kappa shape index (κ1) is 30.1. The quantitative estimate of drug-likeness (QED) is 0.169. The Morgan fingerprint density at radius 3 is 1.81 bits per heavy atom. The third-order valence-electron chi connectivity index (χ3n) is 10.3. The van der Waals surface area contributed by atoms with Gasteiger partial charge in [0.2, 0.25) is 0 Å². The van der Waals surface area contributed by atoms with Crippen molar-refractivity contribution >= 4 is 67.4 Å². The summed E-state index contributed by atoms with van der Waals surface area (Å²) in [6.07, 6.45) is 5.59. The molecule has 10 rings (SSSR count). The van der Waals surface area contributed by atoms with Gasteiger partial charge in [0.05, 0.1) is 11.6 Å². The highest BCUT2D eigenvalue weighted by Crippen LogP contribution is 2.41. The minimum atomic E-state index is 0.123. The summed E-state index contributed by atoms with van der Waals surface area (Å²) in [5, 5.41) is 3.54. The minimum Gasteiger partial charge on any atom is -0.456 e.